The van der Waals surface area contributed by atoms with Crippen molar-refractivity contribution in [1.29, 1.82) is 5.26 Å². The topological polar surface area (TPSA) is 60.5 Å². The van der Waals surface area contributed by atoms with Crippen molar-refractivity contribution in [3.05, 3.63) is 29.8 Å². The van der Waals surface area contributed by atoms with E-state index >= 15 is 0 Å². The van der Waals surface area contributed by atoms with Crippen LogP contribution in [0.3, 0.4) is 0 Å². The van der Waals surface area contributed by atoms with E-state index in [0.29, 0.717) is 18.0 Å². The Morgan fingerprint density at radius 2 is 1.94 bits per heavy atom. The zero-order valence-electron chi connectivity index (χ0n) is 9.56. The van der Waals surface area contributed by atoms with Crippen molar-refractivity contribution in [2.45, 2.75) is 19.3 Å². The second-order valence-corrected chi connectivity index (χ2v) is 3.89. The van der Waals surface area contributed by atoms with Crippen LogP contribution in [0.4, 0.5) is 5.69 Å². The van der Waals surface area contributed by atoms with E-state index in [4.69, 9.17) is 16.9 Å². The largest absolute Gasteiger partial charge is 0.260 e. The van der Waals surface area contributed by atoms with Crippen LogP contribution < -0.4 is 5.43 Å². The van der Waals surface area contributed by atoms with Crippen molar-refractivity contribution in [3.63, 3.8) is 0 Å². The Bertz CT molecular complexity index is 380. The smallest absolute Gasteiger partial charge is 0.0991 e. The summed E-state index contributed by atoms with van der Waals surface area (Å²) in [5, 5.41) is 16.5. The molecular formula is C12H15ClN4. The molecule has 1 aromatic carbocycles. The summed E-state index contributed by atoms with van der Waals surface area (Å²) >= 11 is 5.56. The zero-order valence-corrected chi connectivity index (χ0v) is 10.3. The van der Waals surface area contributed by atoms with Gasteiger partial charge in [-0.25, -0.2) is 0 Å². The summed E-state index contributed by atoms with van der Waals surface area (Å²) < 4.78 is 0. The molecule has 1 aromatic rings. The zero-order chi connectivity index (χ0) is 12.3. The number of nitrogens with one attached hydrogen (secondary N) is 1. The highest BCUT2D eigenvalue weighted by Crippen LogP contribution is 2.08. The molecule has 0 spiro atoms. The van der Waals surface area contributed by atoms with E-state index in [1.165, 1.54) is 0 Å². The first-order valence-corrected chi connectivity index (χ1v) is 6.09. The summed E-state index contributed by atoms with van der Waals surface area (Å²) in [4.78, 5) is 0. The van der Waals surface area contributed by atoms with Gasteiger partial charge in [0.2, 0.25) is 0 Å². The van der Waals surface area contributed by atoms with E-state index < -0.39 is 0 Å². The third kappa shape index (κ3) is 5.88. The number of halogens is 1. The van der Waals surface area contributed by atoms with Gasteiger partial charge in [-0.15, -0.1) is 11.6 Å². The van der Waals surface area contributed by atoms with Gasteiger partial charge in [0.05, 0.1) is 23.9 Å². The van der Waals surface area contributed by atoms with Crippen LogP contribution in [0.15, 0.2) is 34.6 Å². The minimum absolute atomic E-state index is 0.633. The van der Waals surface area contributed by atoms with Crippen LogP contribution in [0, 0.1) is 11.3 Å². The maximum Gasteiger partial charge on any atom is 0.0991 e. The highest BCUT2D eigenvalue weighted by molar-refractivity contribution is 6.17. The molecule has 0 atom stereocenters. The van der Waals surface area contributed by atoms with Gasteiger partial charge in [-0.3, -0.25) is 5.43 Å². The van der Waals surface area contributed by atoms with Crippen LogP contribution >= 0.6 is 11.6 Å². The molecule has 0 aliphatic rings. The Hall–Kier alpha value is -1.60. The van der Waals surface area contributed by atoms with Gasteiger partial charge in [-0.2, -0.15) is 10.4 Å². The first-order chi connectivity index (χ1) is 8.36. The highest BCUT2D eigenvalue weighted by Gasteiger charge is 1.91. The van der Waals surface area contributed by atoms with Crippen molar-refractivity contribution < 1.29 is 0 Å². The molecule has 1 rings (SSSR count). The summed E-state index contributed by atoms with van der Waals surface area (Å²) in [5.41, 5.74) is 4.27. The lowest BCUT2D eigenvalue weighted by Gasteiger charge is -1.98. The number of benzene rings is 1. The van der Waals surface area contributed by atoms with Crippen LogP contribution in [-0.4, -0.2) is 12.4 Å². The quantitative estimate of drug-likeness (QED) is 0.347. The minimum Gasteiger partial charge on any atom is -0.260 e. The van der Waals surface area contributed by atoms with Crippen molar-refractivity contribution in [1.82, 2.24) is 0 Å². The van der Waals surface area contributed by atoms with Crippen molar-refractivity contribution in [2.75, 3.05) is 17.9 Å². The first kappa shape index (κ1) is 13.5. The first-order valence-electron chi connectivity index (χ1n) is 5.55. The molecule has 0 unspecified atom stereocenters. The van der Waals surface area contributed by atoms with Crippen molar-refractivity contribution in [3.8, 4) is 6.07 Å². The second kappa shape index (κ2) is 8.54. The van der Waals surface area contributed by atoms with Crippen molar-refractivity contribution in [2.24, 2.45) is 10.3 Å². The molecule has 4 nitrogen and oxygen atoms in total. The molecule has 0 bridgehead atoms. The summed E-state index contributed by atoms with van der Waals surface area (Å²) in [6, 6.07) is 9.12. The predicted molar refractivity (Wildman–Crippen MR) is 69.1 cm³/mol. The van der Waals surface area contributed by atoms with Gasteiger partial charge >= 0.3 is 0 Å². The standard InChI is InChI=1S/C12H15ClN4/c13-8-2-1-3-9-15-17-16-12-6-4-11(10-14)5-7-12/h4-7H,1-3,8-9H2,(H,15,16). The molecule has 17 heavy (non-hydrogen) atoms. The van der Waals surface area contributed by atoms with E-state index in [0.717, 1.165) is 24.9 Å². The number of nitrogens with zero attached hydrogens (tertiary/aromatic N) is 3. The third-order valence-electron chi connectivity index (χ3n) is 2.16. The molecule has 0 aliphatic carbocycles. The van der Waals surface area contributed by atoms with E-state index in [1.807, 2.05) is 0 Å². The molecular weight excluding hydrogens is 236 g/mol. The van der Waals surface area contributed by atoms with Gasteiger partial charge in [0, 0.05) is 5.88 Å². The number of anilines is 1. The van der Waals surface area contributed by atoms with E-state index in [9.17, 15) is 0 Å². The van der Waals surface area contributed by atoms with Crippen LogP contribution in [0.5, 0.6) is 0 Å². The van der Waals surface area contributed by atoms with Gasteiger partial charge < -0.3 is 0 Å². The van der Waals surface area contributed by atoms with E-state index in [-0.39, 0.29) is 0 Å². The fourth-order valence-corrected chi connectivity index (χ4v) is 1.41. The number of hydrogen-bond acceptors (Lipinski definition) is 3. The lowest BCUT2D eigenvalue weighted by molar-refractivity contribution is 0.712. The van der Waals surface area contributed by atoms with Crippen LogP contribution in [-0.2, 0) is 0 Å². The number of hydrogen-bond donors (Lipinski definition) is 1. The van der Waals surface area contributed by atoms with Crippen LogP contribution in [0.25, 0.3) is 0 Å². The fourth-order valence-electron chi connectivity index (χ4n) is 1.22. The lowest BCUT2D eigenvalue weighted by atomic mass is 10.2. The summed E-state index contributed by atoms with van der Waals surface area (Å²) in [7, 11) is 0. The van der Waals surface area contributed by atoms with Crippen molar-refractivity contribution >= 4 is 17.3 Å². The molecule has 1 N–H and O–H groups in total. The highest BCUT2D eigenvalue weighted by atomic mass is 35.5. The average Bonchev–Trinajstić information content (AvgIpc) is 2.38. The van der Waals surface area contributed by atoms with Gasteiger partial charge in [0.1, 0.15) is 0 Å². The third-order valence-corrected chi connectivity index (χ3v) is 2.42. The van der Waals surface area contributed by atoms with Crippen LogP contribution in [0.2, 0.25) is 0 Å². The number of nitriles is 1. The van der Waals surface area contributed by atoms with E-state index in [2.05, 4.69) is 21.8 Å². The fraction of sp³-hybridized carbons (Fsp3) is 0.417. The molecule has 0 saturated carbocycles. The molecule has 0 aromatic heterocycles. The number of rotatable bonds is 7. The number of unbranched alkanes of at least 4 members (excludes halogenated alkanes) is 2. The minimum atomic E-state index is 0.633. The predicted octanol–water partition coefficient (Wildman–Crippen LogP) is 3.75. The molecule has 0 heterocycles. The maximum atomic E-state index is 8.62. The van der Waals surface area contributed by atoms with E-state index in [1.54, 1.807) is 24.3 Å². The van der Waals surface area contributed by atoms with Crippen LogP contribution in [0.1, 0.15) is 24.8 Å². The van der Waals surface area contributed by atoms with Gasteiger partial charge in [-0.05, 0) is 37.1 Å². The second-order valence-electron chi connectivity index (χ2n) is 3.52. The molecule has 0 radical (unpaired) electrons. The van der Waals surface area contributed by atoms with Gasteiger partial charge in [0.15, 0.2) is 0 Å². The SMILES string of the molecule is N#Cc1ccc(NN=NCCCCCCl)cc1. The molecule has 0 saturated heterocycles. The summed E-state index contributed by atoms with van der Waals surface area (Å²) in [6.07, 6.45) is 3.12. The molecule has 0 fully saturated rings. The number of alkyl halides is 1. The Morgan fingerprint density at radius 3 is 2.59 bits per heavy atom. The lowest BCUT2D eigenvalue weighted by Crippen LogP contribution is -1.88. The molecule has 0 aliphatic heterocycles. The average molecular weight is 251 g/mol. The maximum absolute atomic E-state index is 8.62. The monoisotopic (exact) mass is 250 g/mol. The van der Waals surface area contributed by atoms with Gasteiger partial charge in [0.25, 0.3) is 0 Å². The normalized spacial score (nSPS) is 10.4. The Balaban J connectivity index is 2.21. The molecule has 90 valence electrons. The molecule has 0 amide bonds. The Labute approximate surface area is 106 Å². The Morgan fingerprint density at radius 1 is 1.18 bits per heavy atom. The summed E-state index contributed by atoms with van der Waals surface area (Å²) in [5.74, 6) is 0.709. The van der Waals surface area contributed by atoms with Gasteiger partial charge in [-0.1, -0.05) is 11.6 Å². The summed E-state index contributed by atoms with van der Waals surface area (Å²) in [6.45, 7) is 0.709. The Kier molecular flexibility index (Phi) is 6.76. The molecule has 5 heteroatoms.